The van der Waals surface area contributed by atoms with Gasteiger partial charge in [-0.25, -0.2) is 0 Å². The molecule has 0 saturated heterocycles. The fraction of sp³-hybridized carbons (Fsp3) is 0.737. The number of hydrogen-bond acceptors (Lipinski definition) is 2. The number of hydrogen-bond donors (Lipinski definition) is 2. The molecule has 1 aliphatic rings. The van der Waals surface area contributed by atoms with E-state index in [1.165, 1.54) is 17.6 Å². The molecule has 0 aromatic carbocycles. The number of carbonyl (C=O) groups is 1. The van der Waals surface area contributed by atoms with Gasteiger partial charge in [-0.15, -0.1) is 0 Å². The summed E-state index contributed by atoms with van der Waals surface area (Å²) >= 11 is 0. The number of allylic oxidation sites excluding steroid dienone is 2. The Labute approximate surface area is 134 Å². The van der Waals surface area contributed by atoms with Crippen LogP contribution in [0.2, 0.25) is 0 Å². The van der Waals surface area contributed by atoms with Crippen molar-refractivity contribution >= 4 is 5.97 Å². The molecule has 2 N–H and O–H groups in total. The van der Waals surface area contributed by atoms with Gasteiger partial charge in [0.05, 0.1) is 6.42 Å². The van der Waals surface area contributed by atoms with Gasteiger partial charge in [0.1, 0.15) is 5.60 Å². The summed E-state index contributed by atoms with van der Waals surface area (Å²) in [5.74, 6) is 5.41. The lowest BCUT2D eigenvalue weighted by atomic mass is 9.65. The van der Waals surface area contributed by atoms with Crippen LogP contribution in [0.4, 0.5) is 0 Å². The van der Waals surface area contributed by atoms with Crippen molar-refractivity contribution in [3.63, 3.8) is 0 Å². The lowest BCUT2D eigenvalue weighted by Crippen LogP contribution is -2.31. The van der Waals surface area contributed by atoms with Crippen molar-refractivity contribution in [3.05, 3.63) is 11.1 Å². The largest absolute Gasteiger partial charge is 0.481 e. The molecule has 0 amide bonds. The average molecular weight is 306 g/mol. The zero-order valence-corrected chi connectivity index (χ0v) is 14.6. The molecule has 0 heterocycles. The zero-order valence-electron chi connectivity index (χ0n) is 14.6. The molecular formula is C19H30O3. The molecule has 0 saturated carbocycles. The molecule has 0 aromatic heterocycles. The van der Waals surface area contributed by atoms with E-state index < -0.39 is 11.6 Å². The summed E-state index contributed by atoms with van der Waals surface area (Å²) in [5, 5.41) is 19.0. The molecule has 0 radical (unpaired) electrons. The van der Waals surface area contributed by atoms with E-state index in [1.54, 1.807) is 6.92 Å². The molecular weight excluding hydrogens is 276 g/mol. The minimum absolute atomic E-state index is 0.0257. The molecule has 0 aromatic rings. The molecule has 0 aliphatic heterocycles. The van der Waals surface area contributed by atoms with Crippen molar-refractivity contribution in [2.24, 2.45) is 11.3 Å². The van der Waals surface area contributed by atoms with Crippen LogP contribution < -0.4 is 0 Å². The van der Waals surface area contributed by atoms with E-state index in [9.17, 15) is 9.90 Å². The van der Waals surface area contributed by atoms with Crippen molar-refractivity contribution in [1.29, 1.82) is 0 Å². The SMILES string of the molecule is CC1=C(CCC(C)(O)C#CCCC(=O)O)C(C)(C)C(C)CC1. The Bertz CT molecular complexity index is 501. The van der Waals surface area contributed by atoms with Crippen molar-refractivity contribution < 1.29 is 15.0 Å². The molecule has 124 valence electrons. The first kappa shape index (κ1) is 18.8. The summed E-state index contributed by atoms with van der Waals surface area (Å²) in [5.41, 5.74) is 2.04. The van der Waals surface area contributed by atoms with Crippen LogP contribution in [0.15, 0.2) is 11.1 Å². The molecule has 3 nitrogen and oxygen atoms in total. The van der Waals surface area contributed by atoms with Gasteiger partial charge in [0.15, 0.2) is 0 Å². The molecule has 1 rings (SSSR count). The second-order valence-electron chi connectivity index (χ2n) is 7.39. The second kappa shape index (κ2) is 7.33. The van der Waals surface area contributed by atoms with E-state index in [0.29, 0.717) is 12.3 Å². The maximum absolute atomic E-state index is 10.5. The highest BCUT2D eigenvalue weighted by atomic mass is 16.4. The topological polar surface area (TPSA) is 57.5 Å². The quantitative estimate of drug-likeness (QED) is 0.592. The lowest BCUT2D eigenvalue weighted by Gasteiger charge is -2.41. The van der Waals surface area contributed by atoms with Crippen LogP contribution in [0.5, 0.6) is 0 Å². The fourth-order valence-corrected chi connectivity index (χ4v) is 3.18. The number of aliphatic carboxylic acids is 1. The van der Waals surface area contributed by atoms with Crippen molar-refractivity contribution in [2.75, 3.05) is 0 Å². The van der Waals surface area contributed by atoms with E-state index in [4.69, 9.17) is 5.11 Å². The van der Waals surface area contributed by atoms with Crippen LogP contribution in [0, 0.1) is 23.2 Å². The van der Waals surface area contributed by atoms with Crippen LogP contribution in [0.1, 0.15) is 73.1 Å². The highest BCUT2D eigenvalue weighted by Gasteiger charge is 2.35. The van der Waals surface area contributed by atoms with E-state index in [1.807, 2.05) is 0 Å². The maximum Gasteiger partial charge on any atom is 0.304 e. The fourth-order valence-electron chi connectivity index (χ4n) is 3.18. The Kier molecular flexibility index (Phi) is 6.26. The molecule has 0 spiro atoms. The van der Waals surface area contributed by atoms with E-state index in [-0.39, 0.29) is 18.3 Å². The Morgan fingerprint density at radius 2 is 2.09 bits per heavy atom. The molecule has 22 heavy (non-hydrogen) atoms. The van der Waals surface area contributed by atoms with Crippen LogP contribution in [-0.4, -0.2) is 21.8 Å². The van der Waals surface area contributed by atoms with Crippen molar-refractivity contribution in [2.45, 2.75) is 78.7 Å². The summed E-state index contributed by atoms with van der Waals surface area (Å²) in [6, 6.07) is 0. The minimum atomic E-state index is -1.05. The standard InChI is InChI=1S/C19H30O3/c1-14-9-10-15(2)18(3,4)16(14)11-13-19(5,22)12-7-6-8-17(20)21/h15,22H,6,8-11,13H2,1-5H3,(H,20,21). The van der Waals surface area contributed by atoms with Gasteiger partial charge in [-0.05, 0) is 50.9 Å². The zero-order chi connectivity index (χ0) is 17.0. The normalized spacial score (nSPS) is 23.5. The first-order valence-electron chi connectivity index (χ1n) is 8.19. The van der Waals surface area contributed by atoms with Gasteiger partial charge in [0.25, 0.3) is 0 Å². The van der Waals surface area contributed by atoms with Gasteiger partial charge >= 0.3 is 5.97 Å². The van der Waals surface area contributed by atoms with Gasteiger partial charge in [0, 0.05) is 6.42 Å². The van der Waals surface area contributed by atoms with Gasteiger partial charge in [-0.3, -0.25) is 4.79 Å². The Hall–Kier alpha value is -1.27. The summed E-state index contributed by atoms with van der Waals surface area (Å²) in [7, 11) is 0. The molecule has 2 unspecified atom stereocenters. The molecule has 0 fully saturated rings. The van der Waals surface area contributed by atoms with Crippen LogP contribution in [0.25, 0.3) is 0 Å². The second-order valence-corrected chi connectivity index (χ2v) is 7.39. The van der Waals surface area contributed by atoms with E-state index in [2.05, 4.69) is 39.5 Å². The van der Waals surface area contributed by atoms with Gasteiger partial charge in [0.2, 0.25) is 0 Å². The monoisotopic (exact) mass is 306 g/mol. The lowest BCUT2D eigenvalue weighted by molar-refractivity contribution is -0.136. The van der Waals surface area contributed by atoms with Gasteiger partial charge in [-0.2, -0.15) is 0 Å². The van der Waals surface area contributed by atoms with Gasteiger partial charge < -0.3 is 10.2 Å². The van der Waals surface area contributed by atoms with Crippen molar-refractivity contribution in [3.8, 4) is 11.8 Å². The van der Waals surface area contributed by atoms with Crippen LogP contribution >= 0.6 is 0 Å². The van der Waals surface area contributed by atoms with Gasteiger partial charge in [-0.1, -0.05) is 43.8 Å². The highest BCUT2D eigenvalue weighted by molar-refractivity contribution is 5.67. The third kappa shape index (κ3) is 5.18. The molecule has 1 aliphatic carbocycles. The Morgan fingerprint density at radius 1 is 1.45 bits per heavy atom. The Balaban J connectivity index is 2.69. The van der Waals surface area contributed by atoms with Crippen LogP contribution in [0.3, 0.4) is 0 Å². The number of rotatable bonds is 5. The maximum atomic E-state index is 10.5. The van der Waals surface area contributed by atoms with Crippen LogP contribution in [-0.2, 0) is 4.79 Å². The predicted octanol–water partition coefficient (Wildman–Crippen LogP) is 4.16. The third-order valence-corrected chi connectivity index (χ3v) is 5.16. The predicted molar refractivity (Wildman–Crippen MR) is 89.4 cm³/mol. The summed E-state index contributed by atoms with van der Waals surface area (Å²) < 4.78 is 0. The average Bonchev–Trinajstić information content (AvgIpc) is 2.39. The van der Waals surface area contributed by atoms with E-state index >= 15 is 0 Å². The molecule has 0 bridgehead atoms. The third-order valence-electron chi connectivity index (χ3n) is 5.16. The first-order chi connectivity index (χ1) is 10.1. The minimum Gasteiger partial charge on any atom is -0.481 e. The first-order valence-corrected chi connectivity index (χ1v) is 8.19. The Morgan fingerprint density at radius 3 is 2.68 bits per heavy atom. The molecule has 3 heteroatoms. The number of aliphatic hydroxyl groups is 1. The summed E-state index contributed by atoms with van der Waals surface area (Å²) in [4.78, 5) is 10.5. The number of carboxylic acids is 1. The summed E-state index contributed by atoms with van der Waals surface area (Å²) in [6.07, 6.45) is 4.13. The summed E-state index contributed by atoms with van der Waals surface area (Å²) in [6.45, 7) is 10.8. The number of carboxylic acid groups (broad SMARTS) is 1. The smallest absolute Gasteiger partial charge is 0.304 e. The molecule has 2 atom stereocenters. The van der Waals surface area contributed by atoms with E-state index in [0.717, 1.165) is 12.8 Å². The highest BCUT2D eigenvalue weighted by Crippen LogP contribution is 2.46. The van der Waals surface area contributed by atoms with Crippen molar-refractivity contribution in [1.82, 2.24) is 0 Å².